The molecule has 0 saturated heterocycles. The summed E-state index contributed by atoms with van der Waals surface area (Å²) in [6.07, 6.45) is 1.13. The maximum atomic E-state index is 5.68. The van der Waals surface area contributed by atoms with Gasteiger partial charge in [0, 0.05) is 0 Å². The fourth-order valence-corrected chi connectivity index (χ4v) is 1.83. The molecule has 1 aromatic heterocycles. The fraction of sp³-hybridized carbons (Fsp3) is 0.375. The van der Waals surface area contributed by atoms with E-state index < -0.39 is 0 Å². The molecular formula is C16H21NO2. The summed E-state index contributed by atoms with van der Waals surface area (Å²) in [4.78, 5) is 0. The highest BCUT2D eigenvalue weighted by Gasteiger charge is 2.02. The molecule has 1 N–H and O–H groups in total. The highest BCUT2D eigenvalue weighted by Crippen LogP contribution is 2.10. The molecule has 19 heavy (non-hydrogen) atoms. The summed E-state index contributed by atoms with van der Waals surface area (Å²) < 4.78 is 11.3. The Labute approximate surface area is 114 Å². The first kappa shape index (κ1) is 13.8. The van der Waals surface area contributed by atoms with Gasteiger partial charge in [0.15, 0.2) is 0 Å². The minimum Gasteiger partial charge on any atom is -0.462 e. The quantitative estimate of drug-likeness (QED) is 0.737. The van der Waals surface area contributed by atoms with Crippen LogP contribution in [-0.4, -0.2) is 6.54 Å². The molecule has 0 fully saturated rings. The number of ether oxygens (including phenoxy) is 1. The van der Waals surface area contributed by atoms with E-state index in [1.54, 1.807) is 0 Å². The Morgan fingerprint density at radius 3 is 2.58 bits per heavy atom. The molecule has 0 bridgehead atoms. The van der Waals surface area contributed by atoms with Crippen molar-refractivity contribution in [3.8, 4) is 0 Å². The fourth-order valence-electron chi connectivity index (χ4n) is 1.83. The zero-order valence-electron chi connectivity index (χ0n) is 11.4. The first-order valence-corrected chi connectivity index (χ1v) is 6.78. The molecule has 3 heteroatoms. The number of hydrogen-bond acceptors (Lipinski definition) is 3. The van der Waals surface area contributed by atoms with Crippen molar-refractivity contribution in [1.29, 1.82) is 0 Å². The minimum atomic E-state index is 0.517. The molecule has 0 saturated carbocycles. The van der Waals surface area contributed by atoms with Crippen LogP contribution in [0, 0.1) is 0 Å². The van der Waals surface area contributed by atoms with Gasteiger partial charge in [-0.3, -0.25) is 0 Å². The van der Waals surface area contributed by atoms with Crippen LogP contribution in [0.25, 0.3) is 0 Å². The van der Waals surface area contributed by atoms with Crippen molar-refractivity contribution in [2.75, 3.05) is 6.54 Å². The molecule has 0 atom stereocenters. The lowest BCUT2D eigenvalue weighted by molar-refractivity contribution is 0.0920. The summed E-state index contributed by atoms with van der Waals surface area (Å²) in [7, 11) is 0. The SMILES string of the molecule is CCCNCc1ccc(COCc2ccccc2)o1. The summed E-state index contributed by atoms with van der Waals surface area (Å²) in [6.45, 7) is 5.08. The van der Waals surface area contributed by atoms with Crippen LogP contribution in [0.4, 0.5) is 0 Å². The summed E-state index contributed by atoms with van der Waals surface area (Å²) in [6, 6.07) is 14.1. The van der Waals surface area contributed by atoms with E-state index in [9.17, 15) is 0 Å². The van der Waals surface area contributed by atoms with Gasteiger partial charge in [-0.1, -0.05) is 37.3 Å². The van der Waals surface area contributed by atoms with E-state index in [1.165, 1.54) is 5.56 Å². The van der Waals surface area contributed by atoms with Crippen molar-refractivity contribution in [2.24, 2.45) is 0 Å². The molecule has 102 valence electrons. The number of nitrogens with one attached hydrogen (secondary N) is 1. The first-order valence-electron chi connectivity index (χ1n) is 6.78. The molecule has 0 radical (unpaired) electrons. The Morgan fingerprint density at radius 1 is 1.00 bits per heavy atom. The molecule has 0 amide bonds. The second kappa shape index (κ2) is 7.77. The summed E-state index contributed by atoms with van der Waals surface area (Å²) in [5, 5.41) is 3.31. The Hall–Kier alpha value is -1.58. The molecule has 1 heterocycles. The Kier molecular flexibility index (Phi) is 5.66. The largest absolute Gasteiger partial charge is 0.462 e. The lowest BCUT2D eigenvalue weighted by atomic mass is 10.2. The number of hydrogen-bond donors (Lipinski definition) is 1. The van der Waals surface area contributed by atoms with Crippen molar-refractivity contribution < 1.29 is 9.15 Å². The Morgan fingerprint density at radius 2 is 1.79 bits per heavy atom. The van der Waals surface area contributed by atoms with E-state index in [-0.39, 0.29) is 0 Å². The molecule has 1 aromatic carbocycles. The van der Waals surface area contributed by atoms with Gasteiger partial charge in [0.2, 0.25) is 0 Å². The Bertz CT molecular complexity index is 465. The predicted molar refractivity (Wildman–Crippen MR) is 75.6 cm³/mol. The Balaban J connectivity index is 1.71. The van der Waals surface area contributed by atoms with Gasteiger partial charge in [-0.2, -0.15) is 0 Å². The van der Waals surface area contributed by atoms with Gasteiger partial charge < -0.3 is 14.5 Å². The van der Waals surface area contributed by atoms with Crippen molar-refractivity contribution in [2.45, 2.75) is 33.1 Å². The predicted octanol–water partition coefficient (Wildman–Crippen LogP) is 3.50. The van der Waals surface area contributed by atoms with Gasteiger partial charge in [0.05, 0.1) is 13.2 Å². The van der Waals surface area contributed by atoms with Crippen LogP contribution < -0.4 is 5.32 Å². The third kappa shape index (κ3) is 4.89. The molecular weight excluding hydrogens is 238 g/mol. The third-order valence-electron chi connectivity index (χ3n) is 2.80. The topological polar surface area (TPSA) is 34.4 Å². The van der Waals surface area contributed by atoms with E-state index in [0.29, 0.717) is 13.2 Å². The van der Waals surface area contributed by atoms with Crippen LogP contribution in [0.15, 0.2) is 46.9 Å². The van der Waals surface area contributed by atoms with Crippen LogP contribution >= 0.6 is 0 Å². The molecule has 0 spiro atoms. The standard InChI is InChI=1S/C16H21NO2/c1-2-10-17-11-15-8-9-16(19-15)13-18-12-14-6-4-3-5-7-14/h3-9,17H,2,10-13H2,1H3. The van der Waals surface area contributed by atoms with Crippen LogP contribution in [0.3, 0.4) is 0 Å². The average molecular weight is 259 g/mol. The molecule has 0 aliphatic rings. The van der Waals surface area contributed by atoms with E-state index in [4.69, 9.17) is 9.15 Å². The van der Waals surface area contributed by atoms with Crippen LogP contribution in [0.2, 0.25) is 0 Å². The van der Waals surface area contributed by atoms with Crippen molar-refractivity contribution in [3.63, 3.8) is 0 Å². The number of rotatable bonds is 8. The highest BCUT2D eigenvalue weighted by atomic mass is 16.5. The lowest BCUT2D eigenvalue weighted by Gasteiger charge is -2.02. The maximum absolute atomic E-state index is 5.68. The third-order valence-corrected chi connectivity index (χ3v) is 2.80. The zero-order valence-corrected chi connectivity index (χ0v) is 11.4. The minimum absolute atomic E-state index is 0.517. The van der Waals surface area contributed by atoms with E-state index >= 15 is 0 Å². The molecule has 0 aliphatic carbocycles. The smallest absolute Gasteiger partial charge is 0.129 e. The van der Waals surface area contributed by atoms with Gasteiger partial charge in [-0.25, -0.2) is 0 Å². The van der Waals surface area contributed by atoms with Crippen LogP contribution in [0.5, 0.6) is 0 Å². The lowest BCUT2D eigenvalue weighted by Crippen LogP contribution is -2.13. The number of furan rings is 1. The average Bonchev–Trinajstić information content (AvgIpc) is 2.88. The maximum Gasteiger partial charge on any atom is 0.129 e. The van der Waals surface area contributed by atoms with Gasteiger partial charge in [0.25, 0.3) is 0 Å². The van der Waals surface area contributed by atoms with E-state index in [0.717, 1.165) is 31.0 Å². The molecule has 2 rings (SSSR count). The van der Waals surface area contributed by atoms with E-state index in [2.05, 4.69) is 24.4 Å². The van der Waals surface area contributed by atoms with E-state index in [1.807, 2.05) is 30.3 Å². The molecule has 0 unspecified atom stereocenters. The number of benzene rings is 1. The summed E-state index contributed by atoms with van der Waals surface area (Å²) >= 11 is 0. The summed E-state index contributed by atoms with van der Waals surface area (Å²) in [5.41, 5.74) is 1.18. The summed E-state index contributed by atoms with van der Waals surface area (Å²) in [5.74, 6) is 1.84. The van der Waals surface area contributed by atoms with Gasteiger partial charge >= 0.3 is 0 Å². The highest BCUT2D eigenvalue weighted by molar-refractivity contribution is 5.13. The van der Waals surface area contributed by atoms with Crippen LogP contribution in [0.1, 0.15) is 30.4 Å². The molecule has 3 nitrogen and oxygen atoms in total. The van der Waals surface area contributed by atoms with Gasteiger partial charge in [-0.05, 0) is 30.7 Å². The van der Waals surface area contributed by atoms with Crippen molar-refractivity contribution in [1.82, 2.24) is 5.32 Å². The first-order chi connectivity index (χ1) is 9.38. The second-order valence-electron chi connectivity index (χ2n) is 4.52. The van der Waals surface area contributed by atoms with Gasteiger partial charge in [-0.15, -0.1) is 0 Å². The van der Waals surface area contributed by atoms with Gasteiger partial charge in [0.1, 0.15) is 18.1 Å². The zero-order chi connectivity index (χ0) is 13.3. The normalized spacial score (nSPS) is 10.8. The monoisotopic (exact) mass is 259 g/mol. The second-order valence-corrected chi connectivity index (χ2v) is 4.52. The van der Waals surface area contributed by atoms with Crippen LogP contribution in [-0.2, 0) is 24.5 Å². The molecule has 0 aliphatic heterocycles. The van der Waals surface area contributed by atoms with Crippen molar-refractivity contribution >= 4 is 0 Å². The molecule has 2 aromatic rings. The van der Waals surface area contributed by atoms with Crippen molar-refractivity contribution in [3.05, 3.63) is 59.5 Å².